The average Bonchev–Trinajstić information content (AvgIpc) is 2.91. The zero-order chi connectivity index (χ0) is 15.2. The molecule has 112 valence electrons. The van der Waals surface area contributed by atoms with Crippen LogP contribution in [0, 0.1) is 6.92 Å². The fourth-order valence-corrected chi connectivity index (χ4v) is 4.32. The minimum Gasteiger partial charge on any atom is -0.323 e. The molecule has 1 aliphatic rings. The van der Waals surface area contributed by atoms with Crippen molar-refractivity contribution in [3.05, 3.63) is 47.3 Å². The number of hydrogen-bond donors (Lipinski definition) is 2. The van der Waals surface area contributed by atoms with Gasteiger partial charge in [-0.05, 0) is 24.5 Å². The van der Waals surface area contributed by atoms with E-state index in [0.29, 0.717) is 12.1 Å². The smallest absolute Gasteiger partial charge is 0.244 e. The largest absolute Gasteiger partial charge is 0.323 e. The van der Waals surface area contributed by atoms with Gasteiger partial charge in [-0.2, -0.15) is 5.10 Å². The first-order valence-corrected chi connectivity index (χ1v) is 8.23. The van der Waals surface area contributed by atoms with E-state index in [1.165, 1.54) is 10.9 Å². The number of nitrogens with two attached hydrogens (primary N) is 1. The Bertz CT molecular complexity index is 782. The van der Waals surface area contributed by atoms with Crippen LogP contribution in [0.1, 0.15) is 22.9 Å². The third kappa shape index (κ3) is 2.48. The Morgan fingerprint density at radius 3 is 2.71 bits per heavy atom. The molecule has 0 fully saturated rings. The highest BCUT2D eigenvalue weighted by atomic mass is 32.2. The Balaban J connectivity index is 1.87. The van der Waals surface area contributed by atoms with Crippen molar-refractivity contribution in [2.24, 2.45) is 12.8 Å². The summed E-state index contributed by atoms with van der Waals surface area (Å²) in [7, 11) is -1.92. The van der Waals surface area contributed by atoms with Gasteiger partial charge in [0.25, 0.3) is 0 Å². The van der Waals surface area contributed by atoms with Gasteiger partial charge < -0.3 is 5.73 Å². The molecule has 21 heavy (non-hydrogen) atoms. The van der Waals surface area contributed by atoms with Gasteiger partial charge in [0.05, 0.1) is 5.69 Å². The van der Waals surface area contributed by atoms with Crippen LogP contribution in [0.25, 0.3) is 0 Å². The van der Waals surface area contributed by atoms with Crippen molar-refractivity contribution in [1.29, 1.82) is 0 Å². The quantitative estimate of drug-likeness (QED) is 0.870. The Morgan fingerprint density at radius 2 is 2.10 bits per heavy atom. The van der Waals surface area contributed by atoms with Gasteiger partial charge >= 0.3 is 0 Å². The first-order valence-electron chi connectivity index (χ1n) is 6.74. The molecule has 0 amide bonds. The highest BCUT2D eigenvalue weighted by Gasteiger charge is 2.33. The number of hydrogen-bond acceptors (Lipinski definition) is 4. The van der Waals surface area contributed by atoms with E-state index < -0.39 is 10.0 Å². The van der Waals surface area contributed by atoms with Crippen molar-refractivity contribution >= 4 is 10.0 Å². The molecule has 3 N–H and O–H groups in total. The molecule has 1 aromatic carbocycles. The maximum atomic E-state index is 12.5. The van der Waals surface area contributed by atoms with Crippen LogP contribution in [0.5, 0.6) is 0 Å². The van der Waals surface area contributed by atoms with Gasteiger partial charge in [0.2, 0.25) is 10.0 Å². The summed E-state index contributed by atoms with van der Waals surface area (Å²) in [6.07, 6.45) is 2.11. The predicted molar refractivity (Wildman–Crippen MR) is 79.1 cm³/mol. The molecular formula is C14H18N4O2S. The first kappa shape index (κ1) is 14.2. The second-order valence-corrected chi connectivity index (χ2v) is 7.09. The number of sulfonamides is 1. The third-order valence-corrected chi connectivity index (χ3v) is 5.44. The van der Waals surface area contributed by atoms with E-state index in [1.807, 2.05) is 24.3 Å². The normalized spacial score (nSPS) is 21.5. The van der Waals surface area contributed by atoms with Gasteiger partial charge in [-0.15, -0.1) is 0 Å². The molecule has 1 heterocycles. The number of aryl methyl sites for hydroxylation is 2. The predicted octanol–water partition coefficient (Wildman–Crippen LogP) is 0.632. The lowest BCUT2D eigenvalue weighted by Gasteiger charge is -2.17. The summed E-state index contributed by atoms with van der Waals surface area (Å²) in [5.74, 6) is 0. The van der Waals surface area contributed by atoms with E-state index in [0.717, 1.165) is 11.1 Å². The Kier molecular flexibility index (Phi) is 3.35. The molecule has 6 nitrogen and oxygen atoms in total. The number of aromatic nitrogens is 2. The van der Waals surface area contributed by atoms with Crippen LogP contribution in [-0.2, 0) is 23.5 Å². The lowest BCUT2D eigenvalue weighted by molar-refractivity contribution is 0.514. The second-order valence-electron chi connectivity index (χ2n) is 5.41. The van der Waals surface area contributed by atoms with Crippen LogP contribution < -0.4 is 10.5 Å². The number of nitrogens with one attached hydrogen (secondary N) is 1. The van der Waals surface area contributed by atoms with Gasteiger partial charge in [-0.3, -0.25) is 4.68 Å². The summed E-state index contributed by atoms with van der Waals surface area (Å²) in [6, 6.07) is 7.14. The van der Waals surface area contributed by atoms with Crippen molar-refractivity contribution in [2.75, 3.05) is 0 Å². The van der Waals surface area contributed by atoms with Crippen molar-refractivity contribution in [2.45, 2.75) is 30.3 Å². The molecule has 3 rings (SSSR count). The van der Waals surface area contributed by atoms with E-state index in [9.17, 15) is 8.42 Å². The lowest BCUT2D eigenvalue weighted by Crippen LogP contribution is -2.40. The molecule has 0 saturated carbocycles. The van der Waals surface area contributed by atoms with Gasteiger partial charge in [0, 0.05) is 25.3 Å². The van der Waals surface area contributed by atoms with E-state index in [2.05, 4.69) is 9.82 Å². The maximum Gasteiger partial charge on any atom is 0.244 e. The lowest BCUT2D eigenvalue weighted by atomic mass is 10.1. The molecule has 1 aliphatic carbocycles. The number of rotatable bonds is 3. The van der Waals surface area contributed by atoms with Crippen LogP contribution in [0.4, 0.5) is 0 Å². The van der Waals surface area contributed by atoms with Gasteiger partial charge in [-0.1, -0.05) is 24.3 Å². The van der Waals surface area contributed by atoms with E-state index in [-0.39, 0.29) is 17.0 Å². The van der Waals surface area contributed by atoms with E-state index >= 15 is 0 Å². The van der Waals surface area contributed by atoms with E-state index in [4.69, 9.17) is 5.73 Å². The standard InChI is InChI=1S/C14H18N4O2S/c1-9-13(8-18(2)16-9)21(19,20)17-12-7-10-5-3-4-6-11(10)14(12)15/h3-6,8,12,14,17H,7,15H2,1-2H3/t12-,14-/m1/s1. The highest BCUT2D eigenvalue weighted by molar-refractivity contribution is 7.89. The number of fused-ring (bicyclic) bond motifs is 1. The molecule has 2 aromatic rings. The highest BCUT2D eigenvalue weighted by Crippen LogP contribution is 2.30. The average molecular weight is 306 g/mol. The fourth-order valence-electron chi connectivity index (χ4n) is 2.85. The molecule has 0 radical (unpaired) electrons. The first-order chi connectivity index (χ1) is 9.88. The monoisotopic (exact) mass is 306 g/mol. The summed E-state index contributed by atoms with van der Waals surface area (Å²) < 4.78 is 29.2. The Morgan fingerprint density at radius 1 is 1.38 bits per heavy atom. The number of nitrogens with zero attached hydrogens (tertiary/aromatic N) is 2. The van der Waals surface area contributed by atoms with E-state index in [1.54, 1.807) is 14.0 Å². The molecule has 2 atom stereocenters. The zero-order valence-corrected chi connectivity index (χ0v) is 12.8. The van der Waals surface area contributed by atoms with Crippen molar-refractivity contribution in [3.8, 4) is 0 Å². The Labute approximate surface area is 124 Å². The van der Waals surface area contributed by atoms with Gasteiger partial charge in [0.15, 0.2) is 0 Å². The molecule has 0 unspecified atom stereocenters. The summed E-state index contributed by atoms with van der Waals surface area (Å²) in [5.41, 5.74) is 8.76. The molecule has 0 aliphatic heterocycles. The summed E-state index contributed by atoms with van der Waals surface area (Å²) in [4.78, 5) is 0.202. The minimum atomic E-state index is -3.62. The van der Waals surface area contributed by atoms with Crippen LogP contribution in [0.15, 0.2) is 35.4 Å². The third-order valence-electron chi connectivity index (χ3n) is 3.85. The van der Waals surface area contributed by atoms with Crippen molar-refractivity contribution in [1.82, 2.24) is 14.5 Å². The maximum absolute atomic E-state index is 12.5. The Hall–Kier alpha value is -1.70. The van der Waals surface area contributed by atoms with Gasteiger partial charge in [0.1, 0.15) is 4.90 Å². The van der Waals surface area contributed by atoms with Crippen molar-refractivity contribution in [3.63, 3.8) is 0 Å². The minimum absolute atomic E-state index is 0.202. The topological polar surface area (TPSA) is 90.0 Å². The fraction of sp³-hybridized carbons (Fsp3) is 0.357. The van der Waals surface area contributed by atoms with Crippen molar-refractivity contribution < 1.29 is 8.42 Å². The summed E-state index contributed by atoms with van der Waals surface area (Å²) in [5, 5.41) is 4.08. The van der Waals surface area contributed by atoms with Gasteiger partial charge in [-0.25, -0.2) is 13.1 Å². The second kappa shape index (κ2) is 4.94. The SMILES string of the molecule is Cc1nn(C)cc1S(=O)(=O)N[C@@H]1Cc2ccccc2[C@H]1N. The molecule has 0 spiro atoms. The van der Waals surface area contributed by atoms with Crippen LogP contribution in [0.3, 0.4) is 0 Å². The van der Waals surface area contributed by atoms with Crippen LogP contribution in [-0.4, -0.2) is 24.2 Å². The molecule has 0 bridgehead atoms. The molecule has 7 heteroatoms. The van der Waals surface area contributed by atoms with Crippen LogP contribution in [0.2, 0.25) is 0 Å². The summed E-state index contributed by atoms with van der Waals surface area (Å²) >= 11 is 0. The molecular weight excluding hydrogens is 288 g/mol. The number of benzene rings is 1. The zero-order valence-electron chi connectivity index (χ0n) is 11.9. The molecule has 1 aromatic heterocycles. The molecule has 0 saturated heterocycles. The summed E-state index contributed by atoms with van der Waals surface area (Å²) in [6.45, 7) is 1.68. The van der Waals surface area contributed by atoms with Crippen LogP contribution >= 0.6 is 0 Å².